The van der Waals surface area contributed by atoms with Crippen molar-refractivity contribution in [2.75, 3.05) is 33.0 Å². The molecule has 0 aromatic heterocycles. The van der Waals surface area contributed by atoms with Crippen molar-refractivity contribution >= 4 is 0 Å². The second kappa shape index (κ2) is 26.7. The van der Waals surface area contributed by atoms with E-state index < -0.39 is 198 Å². The molecule has 6 heterocycles. The Hall–Kier alpha value is -1.16. The molecule has 6 aliphatic heterocycles. The smallest absolute Gasteiger partial charge is 0.187 e. The summed E-state index contributed by atoms with van der Waals surface area (Å²) in [6.45, 7) is 6.85. The van der Waals surface area contributed by atoms with Gasteiger partial charge in [0.25, 0.3) is 0 Å². The van der Waals surface area contributed by atoms with Gasteiger partial charge < -0.3 is 144 Å². The normalized spacial score (nSPS) is 56.1. The van der Waals surface area contributed by atoms with Crippen LogP contribution in [0.25, 0.3) is 0 Å². The average molecular weight is 1250 g/mol. The Morgan fingerprint density at radius 3 is 1.59 bits per heavy atom. The van der Waals surface area contributed by atoms with Gasteiger partial charge in [-0.1, -0.05) is 27.7 Å². The van der Waals surface area contributed by atoms with Crippen molar-refractivity contribution in [1.82, 2.24) is 0 Å². The summed E-state index contributed by atoms with van der Waals surface area (Å²) in [6, 6.07) is 0. The predicted molar refractivity (Wildman–Crippen MR) is 284 cm³/mol. The lowest BCUT2D eigenvalue weighted by Crippen LogP contribution is -2.68. The fraction of sp³-hybridized carbons (Fsp3) is 1.00. The molecule has 4 aliphatic carbocycles. The lowest BCUT2D eigenvalue weighted by molar-refractivity contribution is -0.402. The highest BCUT2D eigenvalue weighted by Crippen LogP contribution is 2.71. The van der Waals surface area contributed by atoms with Crippen LogP contribution in [0.1, 0.15) is 92.4 Å². The van der Waals surface area contributed by atoms with Crippen LogP contribution in [0, 0.1) is 52.3 Å². The summed E-state index contributed by atoms with van der Waals surface area (Å²) >= 11 is 0. The minimum absolute atomic E-state index is 0.0368. The maximum Gasteiger partial charge on any atom is 0.187 e. The number of fused-ring (bicyclic) bond motifs is 7. The Morgan fingerprint density at radius 1 is 0.477 bits per heavy atom. The van der Waals surface area contributed by atoms with E-state index in [2.05, 4.69) is 13.8 Å². The molecule has 0 bridgehead atoms. The van der Waals surface area contributed by atoms with Crippen LogP contribution in [-0.2, 0) is 52.1 Å². The van der Waals surface area contributed by atoms with Gasteiger partial charge in [-0.25, -0.2) is 0 Å². The Kier molecular flexibility index (Phi) is 21.0. The minimum Gasteiger partial charge on any atom is -0.394 e. The van der Waals surface area contributed by atoms with Crippen LogP contribution in [0.15, 0.2) is 0 Å². The molecular formula is C57H96O29. The van der Waals surface area contributed by atoms with E-state index >= 15 is 0 Å². The SMILES string of the molecule is C[C@H](CCC1(O)O[C@H]2C[C@H]3[C@@H]4C[C@@H](O)[C@H]5C[C@@H](O[C@@H]6O[C@H](CO)[C@H](O[C@@H]7O[C@H](CO)[C@@H](O)[C@H](O)[C@H]7O[C@@H]7O[C@H](CO)[C@@H](O)[C@H](O)[C@H]7O)[C@H](O)[C@H]6O[C@@H]6O[C@@H](C)[C@H](O)[C@@H](O)[C@H]6O)CC[C@]5(C)[C@H]4CC[C@]3(C)[C@H]2[C@@H]1C)CO[C@@H]1O[C@H](CO)[C@@H](O)[C@H](O)[C@H]1O. The molecule has 0 radical (unpaired) electrons. The van der Waals surface area contributed by atoms with Crippen LogP contribution in [-0.4, -0.2) is 303 Å². The van der Waals surface area contributed by atoms with Crippen molar-refractivity contribution in [2.24, 2.45) is 52.3 Å². The largest absolute Gasteiger partial charge is 0.394 e. The van der Waals surface area contributed by atoms with Crippen LogP contribution in [0.2, 0.25) is 0 Å². The number of hydrogen-bond acceptors (Lipinski definition) is 29. The molecule has 29 nitrogen and oxygen atoms in total. The molecule has 4 saturated carbocycles. The number of rotatable bonds is 18. The highest BCUT2D eigenvalue weighted by atomic mass is 16.8. The Balaban J connectivity index is 0.812. The lowest BCUT2D eigenvalue weighted by atomic mass is 9.43. The maximum atomic E-state index is 12.4. The van der Waals surface area contributed by atoms with Crippen molar-refractivity contribution in [3.05, 3.63) is 0 Å². The fourth-order valence-electron chi connectivity index (χ4n) is 17.1. The number of aliphatic hydroxyl groups excluding tert-OH is 17. The molecular weight excluding hydrogens is 1150 g/mol. The zero-order chi connectivity index (χ0) is 62.4. The van der Waals surface area contributed by atoms with Gasteiger partial charge >= 0.3 is 0 Å². The number of ether oxygens (including phenoxy) is 11. The van der Waals surface area contributed by atoms with Crippen molar-refractivity contribution in [1.29, 1.82) is 0 Å². The van der Waals surface area contributed by atoms with E-state index in [0.717, 1.165) is 12.8 Å². The molecule has 10 rings (SSSR count). The second-order valence-corrected chi connectivity index (χ2v) is 27.2. The minimum atomic E-state index is -2.01. The summed E-state index contributed by atoms with van der Waals surface area (Å²) in [5.74, 6) is -1.48. The Bertz CT molecular complexity index is 2210. The van der Waals surface area contributed by atoms with Crippen LogP contribution >= 0.6 is 0 Å². The molecule has 0 amide bonds. The molecule has 0 aromatic carbocycles. The molecule has 29 heteroatoms. The molecule has 10 fully saturated rings. The van der Waals surface area contributed by atoms with E-state index in [1.807, 2.05) is 13.8 Å². The van der Waals surface area contributed by atoms with Crippen LogP contribution in [0.5, 0.6) is 0 Å². The first kappa shape index (κ1) is 67.7. The van der Waals surface area contributed by atoms with Crippen molar-refractivity contribution in [3.63, 3.8) is 0 Å². The van der Waals surface area contributed by atoms with Gasteiger partial charge in [0, 0.05) is 12.3 Å². The molecule has 38 atom stereocenters. The topological polar surface area (TPSA) is 466 Å². The fourth-order valence-corrected chi connectivity index (χ4v) is 17.1. The van der Waals surface area contributed by atoms with E-state index in [-0.39, 0.29) is 65.0 Å². The zero-order valence-electron chi connectivity index (χ0n) is 49.1. The molecule has 18 N–H and O–H groups in total. The van der Waals surface area contributed by atoms with Crippen LogP contribution < -0.4 is 0 Å². The molecule has 498 valence electrons. The third-order valence-electron chi connectivity index (χ3n) is 22.2. The van der Waals surface area contributed by atoms with E-state index in [4.69, 9.17) is 52.1 Å². The summed E-state index contributed by atoms with van der Waals surface area (Å²) in [6.07, 6.45) is -38.4. The van der Waals surface area contributed by atoms with Gasteiger partial charge in [0.1, 0.15) is 116 Å². The van der Waals surface area contributed by atoms with Crippen LogP contribution in [0.3, 0.4) is 0 Å². The van der Waals surface area contributed by atoms with Gasteiger partial charge in [0.2, 0.25) is 0 Å². The number of aliphatic hydroxyl groups is 18. The standard InChI is InChI=1S/C57H96O29/c1-20(19-76-50-43(71)40(68)36(64)30(15-58)79-50)6-11-57(75)21(2)34-29(86-57)14-26-24-13-28(62)27-12-23(7-9-55(27,4)25(24)8-10-56(26,34)5)78-53-49(85-51-44(72)39(67)35(63)22(3)77-51)46(74)47(33(18-61)82-53)83-54-48(42(70)38(66)32(17-60)81-54)84-52-45(73)41(69)37(65)31(16-59)80-52/h20-54,58-75H,6-19H2,1-5H3/t20-,21+,22+,23+,24-,25+,26+,27-,28-,29+,30-,31-,32-,33-,34+,35+,36-,37-,38-,39-,40+,41+,42+,43-,44-,45-,46+,47+,48-,49-,50-,51+,52+,53-,54+,55-,56+,57?/m1/s1. The Labute approximate surface area is 498 Å². The molecule has 0 spiro atoms. The van der Waals surface area contributed by atoms with Crippen molar-refractivity contribution in [3.8, 4) is 0 Å². The summed E-state index contributed by atoms with van der Waals surface area (Å²) < 4.78 is 66.5. The first-order valence-corrected chi connectivity index (χ1v) is 30.8. The summed E-state index contributed by atoms with van der Waals surface area (Å²) in [5, 5.41) is 195. The van der Waals surface area contributed by atoms with Gasteiger partial charge in [-0.2, -0.15) is 0 Å². The summed E-state index contributed by atoms with van der Waals surface area (Å²) in [5.41, 5.74) is -0.566. The molecule has 1 unspecified atom stereocenters. The number of hydrogen-bond donors (Lipinski definition) is 18. The van der Waals surface area contributed by atoms with Gasteiger partial charge in [0.05, 0.1) is 57.5 Å². The zero-order valence-corrected chi connectivity index (χ0v) is 49.1. The average Bonchev–Trinajstić information content (AvgIpc) is 1.56. The summed E-state index contributed by atoms with van der Waals surface area (Å²) in [7, 11) is 0. The van der Waals surface area contributed by atoms with Gasteiger partial charge in [-0.3, -0.25) is 0 Å². The highest BCUT2D eigenvalue weighted by Gasteiger charge is 2.69. The monoisotopic (exact) mass is 1240 g/mol. The second-order valence-electron chi connectivity index (χ2n) is 27.2. The third kappa shape index (κ3) is 12.2. The Morgan fingerprint density at radius 2 is 0.977 bits per heavy atom. The van der Waals surface area contributed by atoms with E-state index in [1.54, 1.807) is 0 Å². The van der Waals surface area contributed by atoms with Gasteiger partial charge in [-0.15, -0.1) is 0 Å². The van der Waals surface area contributed by atoms with E-state index in [9.17, 15) is 91.9 Å². The molecule has 6 saturated heterocycles. The predicted octanol–water partition coefficient (Wildman–Crippen LogP) is -6.13. The van der Waals surface area contributed by atoms with Gasteiger partial charge in [0.15, 0.2) is 37.2 Å². The highest BCUT2D eigenvalue weighted by molar-refractivity contribution is 5.16. The third-order valence-corrected chi connectivity index (χ3v) is 22.2. The van der Waals surface area contributed by atoms with Crippen LogP contribution in [0.4, 0.5) is 0 Å². The first-order chi connectivity index (χ1) is 40.6. The van der Waals surface area contributed by atoms with Crippen molar-refractivity contribution in [2.45, 2.75) is 270 Å². The molecule has 10 aliphatic rings. The molecule has 86 heavy (non-hydrogen) atoms. The van der Waals surface area contributed by atoms with Gasteiger partial charge in [-0.05, 0) is 105 Å². The quantitative estimate of drug-likeness (QED) is 0.0568. The van der Waals surface area contributed by atoms with E-state index in [1.165, 1.54) is 6.92 Å². The van der Waals surface area contributed by atoms with E-state index in [0.29, 0.717) is 44.9 Å². The summed E-state index contributed by atoms with van der Waals surface area (Å²) in [4.78, 5) is 0. The lowest BCUT2D eigenvalue weighted by Gasteiger charge is -2.62. The first-order valence-electron chi connectivity index (χ1n) is 30.8. The van der Waals surface area contributed by atoms with Crippen molar-refractivity contribution < 1.29 is 144 Å². The molecule has 0 aromatic rings. The maximum absolute atomic E-state index is 12.4.